The summed E-state index contributed by atoms with van der Waals surface area (Å²) in [5.41, 5.74) is 4.15. The van der Waals surface area contributed by atoms with Gasteiger partial charge in [-0.05, 0) is 49.4 Å². The Morgan fingerprint density at radius 1 is 1.21 bits per heavy atom. The highest BCUT2D eigenvalue weighted by Crippen LogP contribution is 2.39. The number of hydrogen-bond acceptors (Lipinski definition) is 5. The zero-order valence-corrected chi connectivity index (χ0v) is 15.3. The summed E-state index contributed by atoms with van der Waals surface area (Å²) in [6.07, 6.45) is 3.73. The van der Waals surface area contributed by atoms with Crippen LogP contribution in [0.4, 0.5) is 0 Å². The summed E-state index contributed by atoms with van der Waals surface area (Å²) < 4.78 is 1.32. The molecule has 0 spiro atoms. The molecular weight excluding hydrogens is 336 g/mol. The van der Waals surface area contributed by atoms with E-state index in [0.717, 1.165) is 18.7 Å². The number of aliphatic hydroxyl groups is 1. The Balaban J connectivity index is 1.71. The van der Waals surface area contributed by atoms with Gasteiger partial charge >= 0.3 is 0 Å². The lowest BCUT2D eigenvalue weighted by Crippen LogP contribution is -2.22. The predicted molar refractivity (Wildman–Crippen MR) is 102 cm³/mol. The highest BCUT2D eigenvalue weighted by Gasteiger charge is 2.24. The van der Waals surface area contributed by atoms with E-state index in [0.29, 0.717) is 0 Å². The van der Waals surface area contributed by atoms with Crippen LogP contribution in [0, 0.1) is 0 Å². The number of likely N-dealkylation sites (tertiary alicyclic amines) is 1. The predicted octanol–water partition coefficient (Wildman–Crippen LogP) is 4.12. The number of nitrogens with zero attached hydrogens (tertiary/aromatic N) is 2. The molecule has 2 aromatic heterocycles. The molecule has 0 amide bonds. The topological polar surface area (TPSA) is 36.4 Å². The molecule has 0 saturated carbocycles. The zero-order valence-electron chi connectivity index (χ0n) is 13.6. The molecule has 1 atom stereocenters. The van der Waals surface area contributed by atoms with Crippen molar-refractivity contribution in [2.24, 2.45) is 0 Å². The van der Waals surface area contributed by atoms with E-state index in [2.05, 4.69) is 39.5 Å². The average Bonchev–Trinajstić information content (AvgIpc) is 3.36. The summed E-state index contributed by atoms with van der Waals surface area (Å²) in [7, 11) is 0. The van der Waals surface area contributed by atoms with E-state index in [-0.39, 0.29) is 12.5 Å². The van der Waals surface area contributed by atoms with Gasteiger partial charge in [-0.25, -0.2) is 4.98 Å². The number of benzene rings is 1. The zero-order chi connectivity index (χ0) is 16.4. The van der Waals surface area contributed by atoms with Crippen molar-refractivity contribution in [1.29, 1.82) is 0 Å². The molecule has 126 valence electrons. The third-order valence-corrected chi connectivity index (χ3v) is 6.76. The first-order valence-electron chi connectivity index (χ1n) is 8.58. The van der Waals surface area contributed by atoms with E-state index < -0.39 is 0 Å². The first-order valence-corrected chi connectivity index (χ1v) is 10.3. The van der Waals surface area contributed by atoms with Gasteiger partial charge in [0.1, 0.15) is 0 Å². The standard InChI is InChI=1S/C19H22N2OS2/c22-11-15(16-12-23-13-20-16)19-14-5-1-2-6-17(14)24-18(19)7-10-21-8-3-4-9-21/h1-2,5-6,12-13,15,22H,3-4,7-11H2. The number of rotatable bonds is 6. The van der Waals surface area contributed by atoms with Gasteiger partial charge in [-0.15, -0.1) is 22.7 Å². The first kappa shape index (κ1) is 16.2. The molecule has 1 unspecified atom stereocenters. The molecule has 24 heavy (non-hydrogen) atoms. The fourth-order valence-corrected chi connectivity index (χ4v) is 5.54. The van der Waals surface area contributed by atoms with Crippen molar-refractivity contribution in [3.05, 3.63) is 51.3 Å². The van der Waals surface area contributed by atoms with Crippen molar-refractivity contribution in [3.8, 4) is 0 Å². The van der Waals surface area contributed by atoms with Gasteiger partial charge in [0.25, 0.3) is 0 Å². The second-order valence-electron chi connectivity index (χ2n) is 6.38. The smallest absolute Gasteiger partial charge is 0.0794 e. The number of aliphatic hydroxyl groups excluding tert-OH is 1. The molecule has 5 heteroatoms. The maximum absolute atomic E-state index is 10.1. The van der Waals surface area contributed by atoms with Gasteiger partial charge in [0, 0.05) is 21.5 Å². The van der Waals surface area contributed by atoms with Crippen LogP contribution < -0.4 is 0 Å². The highest BCUT2D eigenvalue weighted by molar-refractivity contribution is 7.19. The average molecular weight is 359 g/mol. The minimum atomic E-state index is -0.0130. The van der Waals surface area contributed by atoms with Gasteiger partial charge in [0.05, 0.1) is 23.7 Å². The lowest BCUT2D eigenvalue weighted by Gasteiger charge is -2.17. The molecule has 0 radical (unpaired) electrons. The van der Waals surface area contributed by atoms with Crippen LogP contribution in [0.1, 0.15) is 34.9 Å². The number of hydrogen-bond donors (Lipinski definition) is 1. The monoisotopic (exact) mass is 358 g/mol. The second kappa shape index (κ2) is 7.31. The Labute approximate surface area is 150 Å². The van der Waals surface area contributed by atoms with E-state index in [1.807, 2.05) is 16.8 Å². The molecule has 1 N–H and O–H groups in total. The molecule has 3 aromatic rings. The van der Waals surface area contributed by atoms with Crippen LogP contribution in [0.3, 0.4) is 0 Å². The minimum absolute atomic E-state index is 0.0130. The van der Waals surface area contributed by atoms with Crippen LogP contribution in [-0.4, -0.2) is 41.2 Å². The molecule has 1 saturated heterocycles. The van der Waals surface area contributed by atoms with Gasteiger partial charge in [0.15, 0.2) is 0 Å². The number of fused-ring (bicyclic) bond motifs is 1. The fourth-order valence-electron chi connectivity index (χ4n) is 3.68. The van der Waals surface area contributed by atoms with Gasteiger partial charge < -0.3 is 10.0 Å². The Hall–Kier alpha value is -1.27. The fraction of sp³-hybridized carbons (Fsp3) is 0.421. The maximum atomic E-state index is 10.1. The number of thiophene rings is 1. The van der Waals surface area contributed by atoms with Crippen molar-refractivity contribution in [2.45, 2.75) is 25.2 Å². The third-order valence-electron chi connectivity index (χ3n) is 4.90. The molecular formula is C19H22N2OS2. The molecule has 0 aliphatic carbocycles. The quantitative estimate of drug-likeness (QED) is 0.720. The normalized spacial score (nSPS) is 16.9. The van der Waals surface area contributed by atoms with Crippen molar-refractivity contribution in [2.75, 3.05) is 26.2 Å². The van der Waals surface area contributed by atoms with E-state index in [1.54, 1.807) is 11.3 Å². The van der Waals surface area contributed by atoms with Crippen LogP contribution in [0.25, 0.3) is 10.1 Å². The Morgan fingerprint density at radius 2 is 2.04 bits per heavy atom. The van der Waals surface area contributed by atoms with Crippen LogP contribution in [0.5, 0.6) is 0 Å². The molecule has 1 aliphatic heterocycles. The van der Waals surface area contributed by atoms with Gasteiger partial charge in [-0.1, -0.05) is 18.2 Å². The Bertz CT molecular complexity index is 791. The highest BCUT2D eigenvalue weighted by atomic mass is 32.1. The summed E-state index contributed by atoms with van der Waals surface area (Å²) in [5.74, 6) is -0.0130. The molecule has 1 fully saturated rings. The third kappa shape index (κ3) is 3.14. The van der Waals surface area contributed by atoms with E-state index in [9.17, 15) is 5.11 Å². The molecule has 3 heterocycles. The van der Waals surface area contributed by atoms with Gasteiger partial charge in [-0.3, -0.25) is 0 Å². The summed E-state index contributed by atoms with van der Waals surface area (Å²) >= 11 is 3.48. The summed E-state index contributed by atoms with van der Waals surface area (Å²) in [4.78, 5) is 8.45. The first-order chi connectivity index (χ1) is 11.9. The molecule has 4 rings (SSSR count). The summed E-state index contributed by atoms with van der Waals surface area (Å²) in [6.45, 7) is 3.70. The summed E-state index contributed by atoms with van der Waals surface area (Å²) in [5, 5.41) is 13.4. The van der Waals surface area contributed by atoms with Crippen LogP contribution >= 0.6 is 22.7 Å². The van der Waals surface area contributed by atoms with Gasteiger partial charge in [0.2, 0.25) is 0 Å². The van der Waals surface area contributed by atoms with E-state index >= 15 is 0 Å². The van der Waals surface area contributed by atoms with Crippen molar-refractivity contribution in [3.63, 3.8) is 0 Å². The number of aromatic nitrogens is 1. The summed E-state index contributed by atoms with van der Waals surface area (Å²) in [6, 6.07) is 8.58. The van der Waals surface area contributed by atoms with Crippen LogP contribution in [0.2, 0.25) is 0 Å². The maximum Gasteiger partial charge on any atom is 0.0794 e. The Kier molecular flexibility index (Phi) is 4.94. The van der Waals surface area contributed by atoms with Crippen LogP contribution in [-0.2, 0) is 6.42 Å². The van der Waals surface area contributed by atoms with Crippen molar-refractivity contribution < 1.29 is 5.11 Å². The minimum Gasteiger partial charge on any atom is -0.395 e. The largest absolute Gasteiger partial charge is 0.395 e. The van der Waals surface area contributed by atoms with E-state index in [4.69, 9.17) is 0 Å². The van der Waals surface area contributed by atoms with Crippen molar-refractivity contribution >= 4 is 32.8 Å². The molecule has 0 bridgehead atoms. The van der Waals surface area contributed by atoms with E-state index in [1.165, 1.54) is 46.5 Å². The lowest BCUT2D eigenvalue weighted by atomic mass is 9.93. The Morgan fingerprint density at radius 3 is 2.79 bits per heavy atom. The van der Waals surface area contributed by atoms with Gasteiger partial charge in [-0.2, -0.15) is 0 Å². The molecule has 1 aliphatic rings. The molecule has 1 aromatic carbocycles. The lowest BCUT2D eigenvalue weighted by molar-refractivity contribution is 0.279. The van der Waals surface area contributed by atoms with Crippen molar-refractivity contribution in [1.82, 2.24) is 9.88 Å². The second-order valence-corrected chi connectivity index (χ2v) is 8.24. The molecule has 3 nitrogen and oxygen atoms in total. The number of thiazole rings is 1. The van der Waals surface area contributed by atoms with Crippen LogP contribution in [0.15, 0.2) is 35.2 Å². The SMILES string of the molecule is OCC(c1cscn1)c1c(CCN2CCCC2)sc2ccccc12.